The first kappa shape index (κ1) is 16.8. The first-order valence-electron chi connectivity index (χ1n) is 8.37. The van der Waals surface area contributed by atoms with E-state index in [-0.39, 0.29) is 11.5 Å². The fourth-order valence-corrected chi connectivity index (χ4v) is 2.63. The van der Waals surface area contributed by atoms with Gasteiger partial charge in [-0.25, -0.2) is 4.98 Å². The smallest absolute Gasteiger partial charge is 0.258 e. The molecule has 25 heavy (non-hydrogen) atoms. The number of para-hydroxylation sites is 1. The number of amides is 1. The normalized spacial score (nSPS) is 10.7. The van der Waals surface area contributed by atoms with E-state index in [0.29, 0.717) is 49.0 Å². The number of H-pyrrole nitrogens is 1. The number of carbonyl (C=O) groups is 1. The average Bonchev–Trinajstić information content (AvgIpc) is 2.63. The zero-order valence-electron chi connectivity index (χ0n) is 13.9. The second kappa shape index (κ2) is 8.19. The van der Waals surface area contributed by atoms with Gasteiger partial charge in [0.25, 0.3) is 5.56 Å². The lowest BCUT2D eigenvalue weighted by Crippen LogP contribution is -2.25. The van der Waals surface area contributed by atoms with Crippen LogP contribution in [0, 0.1) is 0 Å². The number of aromatic amines is 1. The molecule has 128 valence electrons. The minimum atomic E-state index is -0.139. The van der Waals surface area contributed by atoms with Crippen LogP contribution in [0.3, 0.4) is 0 Å². The topological polar surface area (TPSA) is 87.7 Å². The van der Waals surface area contributed by atoms with Crippen LogP contribution in [0.2, 0.25) is 0 Å². The fraction of sp³-hybridized carbons (Fsp3) is 0.263. The standard InChI is InChI=1S/C19H20N4O2/c24-18(21-13-11-14-6-3-4-12-20-14)10-5-9-17-22-16-8-2-1-7-15(16)19(25)23-17/h1-4,6-8,12H,5,9-11,13H2,(H,21,24)(H,22,23,25). The number of nitrogens with zero attached hydrogens (tertiary/aromatic N) is 2. The molecule has 0 saturated carbocycles. The zero-order chi connectivity index (χ0) is 17.5. The third-order valence-electron chi connectivity index (χ3n) is 3.91. The van der Waals surface area contributed by atoms with E-state index in [0.717, 1.165) is 5.69 Å². The summed E-state index contributed by atoms with van der Waals surface area (Å²) in [6.07, 6.45) is 4.06. The highest BCUT2D eigenvalue weighted by atomic mass is 16.1. The summed E-state index contributed by atoms with van der Waals surface area (Å²) in [7, 11) is 0. The Balaban J connectivity index is 1.45. The van der Waals surface area contributed by atoms with E-state index >= 15 is 0 Å². The van der Waals surface area contributed by atoms with Gasteiger partial charge in [-0.15, -0.1) is 0 Å². The Hall–Kier alpha value is -3.02. The first-order chi connectivity index (χ1) is 12.2. The maximum Gasteiger partial charge on any atom is 0.258 e. The molecular formula is C19H20N4O2. The van der Waals surface area contributed by atoms with Gasteiger partial charge in [-0.3, -0.25) is 14.6 Å². The van der Waals surface area contributed by atoms with Gasteiger partial charge in [-0.05, 0) is 30.7 Å². The minimum Gasteiger partial charge on any atom is -0.356 e. The Labute approximate surface area is 145 Å². The number of pyridine rings is 1. The van der Waals surface area contributed by atoms with Gasteiger partial charge in [0, 0.05) is 37.7 Å². The number of hydrogen-bond donors (Lipinski definition) is 2. The van der Waals surface area contributed by atoms with E-state index in [1.807, 2.05) is 36.4 Å². The van der Waals surface area contributed by atoms with E-state index < -0.39 is 0 Å². The summed E-state index contributed by atoms with van der Waals surface area (Å²) in [5.41, 5.74) is 1.50. The van der Waals surface area contributed by atoms with Crippen molar-refractivity contribution in [2.45, 2.75) is 25.7 Å². The Morgan fingerprint density at radius 1 is 1.08 bits per heavy atom. The summed E-state index contributed by atoms with van der Waals surface area (Å²) in [6, 6.07) is 13.0. The molecule has 1 amide bonds. The molecule has 2 aromatic heterocycles. The van der Waals surface area contributed by atoms with Crippen LogP contribution < -0.4 is 10.9 Å². The Morgan fingerprint density at radius 2 is 1.92 bits per heavy atom. The molecule has 0 saturated heterocycles. The molecule has 2 N–H and O–H groups in total. The average molecular weight is 336 g/mol. The summed E-state index contributed by atoms with van der Waals surface area (Å²) in [4.78, 5) is 35.3. The van der Waals surface area contributed by atoms with Crippen molar-refractivity contribution in [2.75, 3.05) is 6.54 Å². The highest BCUT2D eigenvalue weighted by Gasteiger charge is 2.05. The molecule has 0 radical (unpaired) electrons. The number of carbonyl (C=O) groups excluding carboxylic acids is 1. The van der Waals surface area contributed by atoms with Gasteiger partial charge < -0.3 is 10.3 Å². The van der Waals surface area contributed by atoms with Crippen LogP contribution in [0.15, 0.2) is 53.5 Å². The van der Waals surface area contributed by atoms with Gasteiger partial charge in [0.2, 0.25) is 5.91 Å². The van der Waals surface area contributed by atoms with E-state index in [1.165, 1.54) is 0 Å². The summed E-state index contributed by atoms with van der Waals surface area (Å²) >= 11 is 0. The molecule has 0 spiro atoms. The van der Waals surface area contributed by atoms with Crippen LogP contribution in [0.4, 0.5) is 0 Å². The third kappa shape index (κ3) is 4.73. The Bertz CT molecular complexity index is 906. The molecule has 0 aliphatic heterocycles. The van der Waals surface area contributed by atoms with Crippen LogP contribution in [0.1, 0.15) is 24.4 Å². The van der Waals surface area contributed by atoms with Crippen molar-refractivity contribution in [1.82, 2.24) is 20.3 Å². The number of hydrogen-bond acceptors (Lipinski definition) is 4. The van der Waals surface area contributed by atoms with Gasteiger partial charge in [-0.2, -0.15) is 0 Å². The molecule has 0 aliphatic rings. The van der Waals surface area contributed by atoms with Crippen LogP contribution in [-0.2, 0) is 17.6 Å². The minimum absolute atomic E-state index is 0.000864. The van der Waals surface area contributed by atoms with Gasteiger partial charge in [-0.1, -0.05) is 18.2 Å². The quantitative estimate of drug-likeness (QED) is 0.691. The molecule has 0 atom stereocenters. The predicted molar refractivity (Wildman–Crippen MR) is 96.3 cm³/mol. The van der Waals surface area contributed by atoms with Crippen molar-refractivity contribution < 1.29 is 4.79 Å². The van der Waals surface area contributed by atoms with Crippen molar-refractivity contribution in [3.8, 4) is 0 Å². The van der Waals surface area contributed by atoms with Crippen LogP contribution in [0.5, 0.6) is 0 Å². The second-order valence-corrected chi connectivity index (χ2v) is 5.80. The van der Waals surface area contributed by atoms with Crippen molar-refractivity contribution >= 4 is 16.8 Å². The third-order valence-corrected chi connectivity index (χ3v) is 3.91. The highest BCUT2D eigenvalue weighted by Crippen LogP contribution is 2.07. The van der Waals surface area contributed by atoms with E-state index in [1.54, 1.807) is 12.3 Å². The molecule has 2 heterocycles. The SMILES string of the molecule is O=C(CCCc1nc2ccccc2c(=O)[nH]1)NCCc1ccccn1. The van der Waals surface area contributed by atoms with Gasteiger partial charge in [0.1, 0.15) is 5.82 Å². The molecule has 0 unspecified atom stereocenters. The maximum atomic E-state index is 12.0. The first-order valence-corrected chi connectivity index (χ1v) is 8.37. The lowest BCUT2D eigenvalue weighted by atomic mass is 10.2. The largest absolute Gasteiger partial charge is 0.356 e. The fourth-order valence-electron chi connectivity index (χ4n) is 2.63. The van der Waals surface area contributed by atoms with E-state index in [4.69, 9.17) is 0 Å². The summed E-state index contributed by atoms with van der Waals surface area (Å²) in [5, 5.41) is 3.47. The number of benzene rings is 1. The van der Waals surface area contributed by atoms with Crippen LogP contribution in [0.25, 0.3) is 10.9 Å². The number of nitrogens with one attached hydrogen (secondary N) is 2. The summed E-state index contributed by atoms with van der Waals surface area (Å²) in [6.45, 7) is 0.570. The Morgan fingerprint density at radius 3 is 2.76 bits per heavy atom. The lowest BCUT2D eigenvalue weighted by Gasteiger charge is -2.05. The lowest BCUT2D eigenvalue weighted by molar-refractivity contribution is -0.121. The molecule has 0 fully saturated rings. The van der Waals surface area contributed by atoms with Crippen molar-refractivity contribution in [3.05, 3.63) is 70.5 Å². The molecule has 0 bridgehead atoms. The number of aromatic nitrogens is 3. The second-order valence-electron chi connectivity index (χ2n) is 5.80. The maximum absolute atomic E-state index is 12.0. The van der Waals surface area contributed by atoms with E-state index in [2.05, 4.69) is 20.3 Å². The van der Waals surface area contributed by atoms with Crippen molar-refractivity contribution in [3.63, 3.8) is 0 Å². The molecule has 0 aliphatic carbocycles. The zero-order valence-corrected chi connectivity index (χ0v) is 13.9. The van der Waals surface area contributed by atoms with Gasteiger partial charge in [0.15, 0.2) is 0 Å². The van der Waals surface area contributed by atoms with Crippen LogP contribution in [-0.4, -0.2) is 27.4 Å². The number of rotatable bonds is 7. The molecular weight excluding hydrogens is 316 g/mol. The molecule has 3 rings (SSSR count). The number of fused-ring (bicyclic) bond motifs is 1. The highest BCUT2D eigenvalue weighted by molar-refractivity contribution is 5.77. The molecule has 3 aromatic rings. The summed E-state index contributed by atoms with van der Waals surface area (Å²) in [5.74, 6) is 0.615. The Kier molecular flexibility index (Phi) is 5.51. The number of aryl methyl sites for hydroxylation is 1. The summed E-state index contributed by atoms with van der Waals surface area (Å²) < 4.78 is 0. The van der Waals surface area contributed by atoms with Crippen molar-refractivity contribution in [2.24, 2.45) is 0 Å². The predicted octanol–water partition coefficient (Wildman–Crippen LogP) is 2.00. The molecule has 6 nitrogen and oxygen atoms in total. The van der Waals surface area contributed by atoms with Gasteiger partial charge >= 0.3 is 0 Å². The molecule has 1 aromatic carbocycles. The van der Waals surface area contributed by atoms with Crippen LogP contribution >= 0.6 is 0 Å². The van der Waals surface area contributed by atoms with Gasteiger partial charge in [0.05, 0.1) is 10.9 Å². The molecule has 6 heteroatoms. The monoisotopic (exact) mass is 336 g/mol. The van der Waals surface area contributed by atoms with E-state index in [9.17, 15) is 9.59 Å². The van der Waals surface area contributed by atoms with Crippen molar-refractivity contribution in [1.29, 1.82) is 0 Å².